The molecule has 1 aromatic rings. The van der Waals surface area contributed by atoms with E-state index in [0.717, 1.165) is 31.0 Å². The molecule has 0 aliphatic heterocycles. The summed E-state index contributed by atoms with van der Waals surface area (Å²) in [5, 5.41) is 3.51. The molecule has 3 heteroatoms. The Morgan fingerprint density at radius 3 is 2.61 bits per heavy atom. The highest BCUT2D eigenvalue weighted by Gasteiger charge is 2.08. The minimum Gasteiger partial charge on any atom is -0.312 e. The summed E-state index contributed by atoms with van der Waals surface area (Å²) in [5.74, 6) is 0. The van der Waals surface area contributed by atoms with Crippen molar-refractivity contribution in [1.29, 1.82) is 0 Å². The lowest BCUT2D eigenvalue weighted by molar-refractivity contribution is 0.306. The molecular formula is C15H27N3. The quantitative estimate of drug-likeness (QED) is 0.786. The Morgan fingerprint density at radius 1 is 1.28 bits per heavy atom. The summed E-state index contributed by atoms with van der Waals surface area (Å²) in [4.78, 5) is 6.85. The molecule has 0 aliphatic carbocycles. The number of aromatic nitrogens is 1. The fourth-order valence-electron chi connectivity index (χ4n) is 1.86. The smallest absolute Gasteiger partial charge is 0.0547 e. The van der Waals surface area contributed by atoms with Crippen LogP contribution in [0.15, 0.2) is 18.2 Å². The second kappa shape index (κ2) is 6.86. The molecular weight excluding hydrogens is 222 g/mol. The first-order valence-corrected chi connectivity index (χ1v) is 6.73. The van der Waals surface area contributed by atoms with Gasteiger partial charge in [0.05, 0.1) is 5.69 Å². The SMILES string of the molecule is Cc1cccc(CN(C)CCCNC(C)(C)C)n1. The minimum absolute atomic E-state index is 0.219. The number of pyridine rings is 1. The predicted octanol–water partition coefficient (Wildman–Crippen LogP) is 2.60. The average Bonchev–Trinajstić information content (AvgIpc) is 2.23. The highest BCUT2D eigenvalue weighted by Crippen LogP contribution is 2.03. The van der Waals surface area contributed by atoms with Gasteiger partial charge < -0.3 is 10.2 Å². The fourth-order valence-corrected chi connectivity index (χ4v) is 1.86. The van der Waals surface area contributed by atoms with Gasteiger partial charge in [-0.25, -0.2) is 0 Å². The van der Waals surface area contributed by atoms with Crippen LogP contribution in [-0.2, 0) is 6.54 Å². The van der Waals surface area contributed by atoms with Crippen molar-refractivity contribution < 1.29 is 0 Å². The Labute approximate surface area is 112 Å². The zero-order chi connectivity index (χ0) is 13.6. The molecule has 1 heterocycles. The number of hydrogen-bond acceptors (Lipinski definition) is 3. The molecule has 0 bridgehead atoms. The monoisotopic (exact) mass is 249 g/mol. The Balaban J connectivity index is 2.24. The summed E-state index contributed by atoms with van der Waals surface area (Å²) in [6.45, 7) is 11.7. The zero-order valence-electron chi connectivity index (χ0n) is 12.5. The van der Waals surface area contributed by atoms with E-state index < -0.39 is 0 Å². The number of aryl methyl sites for hydroxylation is 1. The largest absolute Gasteiger partial charge is 0.312 e. The highest BCUT2D eigenvalue weighted by molar-refractivity contribution is 5.09. The first-order valence-electron chi connectivity index (χ1n) is 6.73. The summed E-state index contributed by atoms with van der Waals surface area (Å²) >= 11 is 0. The molecule has 0 unspecified atom stereocenters. The molecule has 0 spiro atoms. The van der Waals surface area contributed by atoms with Crippen molar-refractivity contribution in [2.75, 3.05) is 20.1 Å². The number of nitrogens with zero attached hydrogens (tertiary/aromatic N) is 2. The van der Waals surface area contributed by atoms with Gasteiger partial charge in [-0.3, -0.25) is 4.98 Å². The van der Waals surface area contributed by atoms with Crippen molar-refractivity contribution in [2.24, 2.45) is 0 Å². The Hall–Kier alpha value is -0.930. The number of nitrogens with one attached hydrogen (secondary N) is 1. The van der Waals surface area contributed by atoms with E-state index in [1.165, 1.54) is 6.42 Å². The van der Waals surface area contributed by atoms with Gasteiger partial charge in [-0.05, 0) is 66.4 Å². The third-order valence-corrected chi connectivity index (χ3v) is 2.75. The second-order valence-corrected chi connectivity index (χ2v) is 6.04. The normalized spacial score (nSPS) is 12.1. The van der Waals surface area contributed by atoms with Gasteiger partial charge in [0.1, 0.15) is 0 Å². The van der Waals surface area contributed by atoms with Gasteiger partial charge in [-0.1, -0.05) is 6.07 Å². The number of rotatable bonds is 6. The van der Waals surface area contributed by atoms with Crippen LogP contribution in [0.2, 0.25) is 0 Å². The molecule has 1 rings (SSSR count). The zero-order valence-corrected chi connectivity index (χ0v) is 12.5. The van der Waals surface area contributed by atoms with E-state index in [1.807, 2.05) is 13.0 Å². The molecule has 3 nitrogen and oxygen atoms in total. The molecule has 0 amide bonds. The Kier molecular flexibility index (Phi) is 5.76. The first kappa shape index (κ1) is 15.1. The van der Waals surface area contributed by atoms with E-state index in [9.17, 15) is 0 Å². The lowest BCUT2D eigenvalue weighted by Crippen LogP contribution is -2.37. The lowest BCUT2D eigenvalue weighted by atomic mass is 10.1. The van der Waals surface area contributed by atoms with E-state index in [2.05, 4.69) is 55.2 Å². The average molecular weight is 249 g/mol. The Morgan fingerprint density at radius 2 is 2.00 bits per heavy atom. The van der Waals surface area contributed by atoms with Crippen LogP contribution in [0.3, 0.4) is 0 Å². The molecule has 1 aromatic heterocycles. The molecule has 0 atom stereocenters. The maximum atomic E-state index is 4.52. The van der Waals surface area contributed by atoms with Crippen molar-refractivity contribution in [3.63, 3.8) is 0 Å². The van der Waals surface area contributed by atoms with Crippen LogP contribution in [0.5, 0.6) is 0 Å². The van der Waals surface area contributed by atoms with Crippen molar-refractivity contribution >= 4 is 0 Å². The molecule has 0 saturated heterocycles. The van der Waals surface area contributed by atoms with Gasteiger partial charge in [0, 0.05) is 17.8 Å². The van der Waals surface area contributed by atoms with Gasteiger partial charge in [0.15, 0.2) is 0 Å². The highest BCUT2D eigenvalue weighted by atomic mass is 15.1. The van der Waals surface area contributed by atoms with Gasteiger partial charge in [-0.15, -0.1) is 0 Å². The van der Waals surface area contributed by atoms with Crippen molar-refractivity contribution in [3.05, 3.63) is 29.6 Å². The summed E-state index contributed by atoms with van der Waals surface area (Å²) in [5.41, 5.74) is 2.47. The third-order valence-electron chi connectivity index (χ3n) is 2.75. The van der Waals surface area contributed by atoms with Crippen LogP contribution < -0.4 is 5.32 Å². The van der Waals surface area contributed by atoms with E-state index in [4.69, 9.17) is 0 Å². The van der Waals surface area contributed by atoms with E-state index in [-0.39, 0.29) is 5.54 Å². The molecule has 0 fully saturated rings. The predicted molar refractivity (Wildman–Crippen MR) is 77.7 cm³/mol. The minimum atomic E-state index is 0.219. The fraction of sp³-hybridized carbons (Fsp3) is 0.667. The summed E-state index contributed by atoms with van der Waals surface area (Å²) in [7, 11) is 2.15. The summed E-state index contributed by atoms with van der Waals surface area (Å²) in [6, 6.07) is 6.21. The van der Waals surface area contributed by atoms with Crippen LogP contribution in [-0.4, -0.2) is 35.6 Å². The number of hydrogen-bond donors (Lipinski definition) is 1. The Bertz CT molecular complexity index is 355. The van der Waals surface area contributed by atoms with E-state index in [0.29, 0.717) is 0 Å². The topological polar surface area (TPSA) is 28.2 Å². The molecule has 0 radical (unpaired) electrons. The van der Waals surface area contributed by atoms with Crippen LogP contribution in [0.25, 0.3) is 0 Å². The van der Waals surface area contributed by atoms with Gasteiger partial charge >= 0.3 is 0 Å². The molecule has 0 saturated carbocycles. The van der Waals surface area contributed by atoms with Gasteiger partial charge in [0.2, 0.25) is 0 Å². The maximum Gasteiger partial charge on any atom is 0.0547 e. The van der Waals surface area contributed by atoms with Crippen LogP contribution in [0.1, 0.15) is 38.6 Å². The molecule has 0 aromatic carbocycles. The first-order chi connectivity index (χ1) is 8.37. The van der Waals surface area contributed by atoms with Crippen LogP contribution >= 0.6 is 0 Å². The maximum absolute atomic E-state index is 4.52. The van der Waals surface area contributed by atoms with Crippen molar-refractivity contribution in [3.8, 4) is 0 Å². The van der Waals surface area contributed by atoms with Crippen molar-refractivity contribution in [1.82, 2.24) is 15.2 Å². The summed E-state index contributed by atoms with van der Waals surface area (Å²) in [6.07, 6.45) is 1.17. The molecule has 0 aliphatic rings. The van der Waals surface area contributed by atoms with Crippen molar-refractivity contribution in [2.45, 2.75) is 46.2 Å². The standard InChI is InChI=1S/C15H27N3/c1-13-8-6-9-14(17-13)12-18(5)11-7-10-16-15(2,3)4/h6,8-9,16H,7,10-12H2,1-5H3. The molecule has 18 heavy (non-hydrogen) atoms. The third kappa shape index (κ3) is 6.72. The van der Waals surface area contributed by atoms with Gasteiger partial charge in [0.25, 0.3) is 0 Å². The van der Waals surface area contributed by atoms with Gasteiger partial charge in [-0.2, -0.15) is 0 Å². The summed E-state index contributed by atoms with van der Waals surface area (Å²) < 4.78 is 0. The van der Waals surface area contributed by atoms with Crippen LogP contribution in [0.4, 0.5) is 0 Å². The molecule has 102 valence electrons. The lowest BCUT2D eigenvalue weighted by Gasteiger charge is -2.22. The second-order valence-electron chi connectivity index (χ2n) is 6.04. The van der Waals surface area contributed by atoms with E-state index >= 15 is 0 Å². The van der Waals surface area contributed by atoms with E-state index in [1.54, 1.807) is 0 Å². The molecule has 1 N–H and O–H groups in total. The van der Waals surface area contributed by atoms with Crippen LogP contribution in [0, 0.1) is 6.92 Å².